The van der Waals surface area contributed by atoms with E-state index in [4.69, 9.17) is 16.0 Å². The molecule has 1 amide bonds. The molecule has 82 valence electrons. The molecule has 1 aromatic rings. The van der Waals surface area contributed by atoms with Crippen molar-refractivity contribution in [2.75, 3.05) is 12.8 Å². The number of furan rings is 1. The molecule has 0 aliphatic carbocycles. The fourth-order valence-corrected chi connectivity index (χ4v) is 1.49. The molecule has 1 N–H and O–H groups in total. The molecule has 15 heavy (non-hydrogen) atoms. The maximum Gasteiger partial charge on any atom is 0.287 e. The van der Waals surface area contributed by atoms with Crippen LogP contribution in [0.25, 0.3) is 0 Å². The van der Waals surface area contributed by atoms with E-state index in [-0.39, 0.29) is 12.5 Å². The first-order valence-corrected chi connectivity index (χ1v) is 6.09. The summed E-state index contributed by atoms with van der Waals surface area (Å²) < 4.78 is 5.31. The van der Waals surface area contributed by atoms with Crippen LogP contribution in [-0.2, 0) is 5.75 Å². The van der Waals surface area contributed by atoms with Crippen molar-refractivity contribution in [3.63, 3.8) is 0 Å². The highest BCUT2D eigenvalue weighted by molar-refractivity contribution is 7.97. The molecule has 0 aliphatic rings. The van der Waals surface area contributed by atoms with Gasteiger partial charge in [-0.15, -0.1) is 0 Å². The monoisotopic (exact) mass is 245 g/mol. The Morgan fingerprint density at radius 2 is 2.40 bits per heavy atom. The molecule has 1 rings (SSSR count). The van der Waals surface area contributed by atoms with Crippen LogP contribution in [-0.4, -0.2) is 18.7 Å². The van der Waals surface area contributed by atoms with Crippen LogP contribution < -0.4 is 5.32 Å². The van der Waals surface area contributed by atoms with Crippen molar-refractivity contribution in [1.29, 1.82) is 0 Å². The number of rotatable bonds is 5. The Bertz CT molecular complexity index is 362. The first-order valence-electron chi connectivity index (χ1n) is 4.32. The quantitative estimate of drug-likeness (QED) is 0.867. The van der Waals surface area contributed by atoms with Gasteiger partial charge in [-0.05, 0) is 18.4 Å². The molecule has 1 heterocycles. The lowest BCUT2D eigenvalue weighted by molar-refractivity contribution is 0.0928. The molecule has 0 saturated heterocycles. The van der Waals surface area contributed by atoms with Crippen LogP contribution in [0.5, 0.6) is 0 Å². The number of hydrogen-bond acceptors (Lipinski definition) is 3. The number of halogens is 1. The number of amides is 1. The van der Waals surface area contributed by atoms with E-state index in [1.54, 1.807) is 23.9 Å². The van der Waals surface area contributed by atoms with Gasteiger partial charge in [0.2, 0.25) is 0 Å². The highest BCUT2D eigenvalue weighted by Gasteiger charge is 2.10. The molecule has 0 fully saturated rings. The van der Waals surface area contributed by atoms with Gasteiger partial charge in [-0.3, -0.25) is 4.79 Å². The van der Waals surface area contributed by atoms with E-state index in [1.807, 2.05) is 6.26 Å². The van der Waals surface area contributed by atoms with Crippen molar-refractivity contribution in [1.82, 2.24) is 5.32 Å². The predicted molar refractivity (Wildman–Crippen MR) is 63.3 cm³/mol. The normalized spacial score (nSPS) is 10.0. The van der Waals surface area contributed by atoms with Gasteiger partial charge in [0.15, 0.2) is 5.76 Å². The van der Waals surface area contributed by atoms with Gasteiger partial charge in [-0.2, -0.15) is 11.8 Å². The Morgan fingerprint density at radius 1 is 1.67 bits per heavy atom. The third-order valence-corrected chi connectivity index (χ3v) is 2.32. The molecule has 0 bridgehead atoms. The molecule has 5 heteroatoms. The largest absolute Gasteiger partial charge is 0.455 e. The Balaban J connectivity index is 2.54. The van der Waals surface area contributed by atoms with Crippen molar-refractivity contribution in [3.8, 4) is 0 Å². The lowest BCUT2D eigenvalue weighted by Gasteiger charge is -2.00. The molecule has 0 aliphatic heterocycles. The molecule has 0 atom stereocenters. The lowest BCUT2D eigenvalue weighted by atomic mass is 10.4. The molecule has 0 unspecified atom stereocenters. The summed E-state index contributed by atoms with van der Waals surface area (Å²) in [5.41, 5.74) is 0. The lowest BCUT2D eigenvalue weighted by Crippen LogP contribution is -2.23. The van der Waals surface area contributed by atoms with Crippen molar-refractivity contribution in [2.24, 2.45) is 0 Å². The topological polar surface area (TPSA) is 42.2 Å². The fourth-order valence-electron chi connectivity index (χ4n) is 0.983. The average Bonchev–Trinajstić information content (AvgIpc) is 2.63. The van der Waals surface area contributed by atoms with Gasteiger partial charge in [0, 0.05) is 5.03 Å². The maximum absolute atomic E-state index is 11.5. The summed E-state index contributed by atoms with van der Waals surface area (Å²) in [6, 6.07) is 3.44. The summed E-state index contributed by atoms with van der Waals surface area (Å²) >= 11 is 7.16. The second-order valence-electron chi connectivity index (χ2n) is 2.90. The van der Waals surface area contributed by atoms with Crippen LogP contribution >= 0.6 is 23.4 Å². The highest BCUT2D eigenvalue weighted by Crippen LogP contribution is 2.13. The minimum Gasteiger partial charge on any atom is -0.455 e. The Hall–Kier alpha value is -0.870. The molecular weight excluding hydrogens is 234 g/mol. The van der Waals surface area contributed by atoms with Crippen molar-refractivity contribution in [2.45, 2.75) is 5.75 Å². The fraction of sp³-hybridized carbons (Fsp3) is 0.300. The minimum atomic E-state index is -0.274. The summed E-state index contributed by atoms with van der Waals surface area (Å²) in [4.78, 5) is 11.5. The summed E-state index contributed by atoms with van der Waals surface area (Å²) in [7, 11) is 0. The molecule has 3 nitrogen and oxygen atoms in total. The van der Waals surface area contributed by atoms with Crippen LogP contribution in [0.2, 0.25) is 0 Å². The molecule has 1 aromatic heterocycles. The standard InChI is InChI=1S/C10H12ClNO2S/c1-7(11)5-12-10(13)9-4-3-8(14-9)6-15-2/h3-4H,1,5-6H2,2H3,(H,12,13). The van der Waals surface area contributed by atoms with Gasteiger partial charge < -0.3 is 9.73 Å². The first kappa shape index (κ1) is 12.2. The van der Waals surface area contributed by atoms with E-state index in [0.29, 0.717) is 10.8 Å². The van der Waals surface area contributed by atoms with Crippen molar-refractivity contribution < 1.29 is 9.21 Å². The van der Waals surface area contributed by atoms with Gasteiger partial charge >= 0.3 is 0 Å². The summed E-state index contributed by atoms with van der Waals surface area (Å²) in [6.45, 7) is 3.72. The Kier molecular flexibility index (Phi) is 4.78. The number of hydrogen-bond donors (Lipinski definition) is 1. The number of nitrogens with one attached hydrogen (secondary N) is 1. The van der Waals surface area contributed by atoms with Crippen LogP contribution in [0.15, 0.2) is 28.2 Å². The van der Waals surface area contributed by atoms with Crippen LogP contribution in [0, 0.1) is 0 Å². The van der Waals surface area contributed by atoms with Crippen LogP contribution in [0.3, 0.4) is 0 Å². The molecule has 0 saturated carbocycles. The van der Waals surface area contributed by atoms with Crippen LogP contribution in [0.4, 0.5) is 0 Å². The molecule has 0 spiro atoms. The van der Waals surface area contributed by atoms with Gasteiger partial charge in [0.05, 0.1) is 12.3 Å². The predicted octanol–water partition coefficient (Wildman–Crippen LogP) is 2.62. The number of thioether (sulfide) groups is 1. The third kappa shape index (κ3) is 4.01. The summed E-state index contributed by atoms with van der Waals surface area (Å²) in [5, 5.41) is 2.97. The molecule has 0 radical (unpaired) electrons. The van der Waals surface area contributed by atoms with Gasteiger partial charge in [-0.25, -0.2) is 0 Å². The second-order valence-corrected chi connectivity index (χ2v) is 4.30. The van der Waals surface area contributed by atoms with Gasteiger partial charge in [0.25, 0.3) is 5.91 Å². The SMILES string of the molecule is C=C(Cl)CNC(=O)c1ccc(CSC)o1. The zero-order valence-corrected chi connectivity index (χ0v) is 9.95. The second kappa shape index (κ2) is 5.88. The van der Waals surface area contributed by atoms with E-state index >= 15 is 0 Å². The molecular formula is C10H12ClNO2S. The van der Waals surface area contributed by atoms with Crippen molar-refractivity contribution in [3.05, 3.63) is 35.3 Å². The smallest absolute Gasteiger partial charge is 0.287 e. The third-order valence-electron chi connectivity index (χ3n) is 1.61. The van der Waals surface area contributed by atoms with Crippen LogP contribution in [0.1, 0.15) is 16.3 Å². The number of carbonyl (C=O) groups excluding carboxylic acids is 1. The van der Waals surface area contributed by atoms with Gasteiger partial charge in [0.1, 0.15) is 5.76 Å². The maximum atomic E-state index is 11.5. The van der Waals surface area contributed by atoms with E-state index < -0.39 is 0 Å². The van der Waals surface area contributed by atoms with E-state index in [1.165, 1.54) is 0 Å². The number of carbonyl (C=O) groups is 1. The molecule has 0 aromatic carbocycles. The summed E-state index contributed by atoms with van der Waals surface area (Å²) in [6.07, 6.45) is 1.97. The Morgan fingerprint density at radius 3 is 3.00 bits per heavy atom. The van der Waals surface area contributed by atoms with E-state index in [2.05, 4.69) is 11.9 Å². The van der Waals surface area contributed by atoms with Crippen molar-refractivity contribution >= 4 is 29.3 Å². The minimum absolute atomic E-state index is 0.249. The Labute approximate surface area is 97.9 Å². The average molecular weight is 246 g/mol. The summed E-state index contributed by atoms with van der Waals surface area (Å²) in [5.74, 6) is 1.58. The van der Waals surface area contributed by atoms with E-state index in [0.717, 1.165) is 11.5 Å². The zero-order chi connectivity index (χ0) is 11.3. The zero-order valence-electron chi connectivity index (χ0n) is 8.38. The van der Waals surface area contributed by atoms with Gasteiger partial charge in [-0.1, -0.05) is 18.2 Å². The highest BCUT2D eigenvalue weighted by atomic mass is 35.5. The first-order chi connectivity index (χ1) is 7.13. The van der Waals surface area contributed by atoms with E-state index in [9.17, 15) is 4.79 Å².